The SMILES string of the molecule is CC1CCCC(NC(=O)C2=CCCC=C2)C1. The van der Waals surface area contributed by atoms with E-state index in [1.54, 1.807) is 0 Å². The molecule has 0 spiro atoms. The van der Waals surface area contributed by atoms with Gasteiger partial charge in [0.1, 0.15) is 0 Å². The molecule has 2 unspecified atom stereocenters. The fourth-order valence-electron chi connectivity index (χ4n) is 2.62. The molecule has 1 saturated carbocycles. The van der Waals surface area contributed by atoms with Crippen molar-refractivity contribution in [2.75, 3.05) is 0 Å². The van der Waals surface area contributed by atoms with Crippen LogP contribution >= 0.6 is 0 Å². The molecule has 0 aromatic heterocycles. The minimum Gasteiger partial charge on any atom is -0.349 e. The van der Waals surface area contributed by atoms with Gasteiger partial charge >= 0.3 is 0 Å². The predicted octanol–water partition coefficient (Wildman–Crippen LogP) is 2.96. The van der Waals surface area contributed by atoms with Gasteiger partial charge in [0, 0.05) is 11.6 Å². The molecule has 2 nitrogen and oxygen atoms in total. The molecule has 0 aliphatic heterocycles. The molecule has 2 rings (SSSR count). The topological polar surface area (TPSA) is 29.1 Å². The molecule has 0 aromatic carbocycles. The lowest BCUT2D eigenvalue weighted by Gasteiger charge is -2.27. The zero-order chi connectivity index (χ0) is 11.4. The van der Waals surface area contributed by atoms with Crippen molar-refractivity contribution in [2.24, 2.45) is 5.92 Å². The predicted molar refractivity (Wildman–Crippen MR) is 66.0 cm³/mol. The second kappa shape index (κ2) is 5.33. The van der Waals surface area contributed by atoms with Crippen LogP contribution in [0.4, 0.5) is 0 Å². The van der Waals surface area contributed by atoms with Gasteiger partial charge < -0.3 is 5.32 Å². The van der Waals surface area contributed by atoms with Crippen LogP contribution in [-0.2, 0) is 4.79 Å². The van der Waals surface area contributed by atoms with Crippen LogP contribution in [0.1, 0.15) is 45.4 Å². The van der Waals surface area contributed by atoms with E-state index in [4.69, 9.17) is 0 Å². The summed E-state index contributed by atoms with van der Waals surface area (Å²) in [6.45, 7) is 2.28. The average Bonchev–Trinajstić information content (AvgIpc) is 2.30. The van der Waals surface area contributed by atoms with Gasteiger partial charge in [-0.3, -0.25) is 4.79 Å². The van der Waals surface area contributed by atoms with Crippen LogP contribution in [0.25, 0.3) is 0 Å². The largest absolute Gasteiger partial charge is 0.349 e. The van der Waals surface area contributed by atoms with Crippen LogP contribution < -0.4 is 5.32 Å². The molecule has 0 saturated heterocycles. The summed E-state index contributed by atoms with van der Waals surface area (Å²) in [7, 11) is 0. The smallest absolute Gasteiger partial charge is 0.251 e. The summed E-state index contributed by atoms with van der Waals surface area (Å²) in [6, 6.07) is 0.396. The minimum atomic E-state index is 0.120. The van der Waals surface area contributed by atoms with Gasteiger partial charge in [-0.1, -0.05) is 38.0 Å². The lowest BCUT2D eigenvalue weighted by atomic mass is 9.87. The second-order valence-corrected chi connectivity index (χ2v) is 5.08. The molecule has 0 bridgehead atoms. The van der Waals surface area contributed by atoms with Crippen molar-refractivity contribution >= 4 is 5.91 Å². The Bertz CT molecular complexity index is 317. The number of hydrogen-bond acceptors (Lipinski definition) is 1. The standard InChI is InChI=1S/C14H21NO/c1-11-6-5-9-13(10-11)15-14(16)12-7-3-2-4-8-12/h3,7-8,11,13H,2,4-6,9-10H2,1H3,(H,15,16). The minimum absolute atomic E-state index is 0.120. The van der Waals surface area contributed by atoms with Gasteiger partial charge in [0.05, 0.1) is 0 Å². The number of nitrogens with one attached hydrogen (secondary N) is 1. The summed E-state index contributed by atoms with van der Waals surface area (Å²) in [5.74, 6) is 0.880. The van der Waals surface area contributed by atoms with Crippen LogP contribution in [0.3, 0.4) is 0 Å². The van der Waals surface area contributed by atoms with Crippen molar-refractivity contribution < 1.29 is 4.79 Å². The molecular weight excluding hydrogens is 198 g/mol. The monoisotopic (exact) mass is 219 g/mol. The van der Waals surface area contributed by atoms with Crippen LogP contribution in [0.5, 0.6) is 0 Å². The Morgan fingerprint density at radius 1 is 1.38 bits per heavy atom. The van der Waals surface area contributed by atoms with E-state index in [2.05, 4.69) is 18.3 Å². The number of carbonyl (C=O) groups excluding carboxylic acids is 1. The molecule has 1 N–H and O–H groups in total. The van der Waals surface area contributed by atoms with Gasteiger partial charge in [-0.2, -0.15) is 0 Å². The first-order valence-corrected chi connectivity index (χ1v) is 6.43. The Morgan fingerprint density at radius 3 is 2.94 bits per heavy atom. The Morgan fingerprint density at radius 2 is 2.25 bits per heavy atom. The number of carbonyl (C=O) groups is 1. The van der Waals surface area contributed by atoms with Crippen molar-refractivity contribution in [3.05, 3.63) is 23.8 Å². The maximum absolute atomic E-state index is 11.9. The molecule has 2 atom stereocenters. The Kier molecular flexibility index (Phi) is 3.81. The molecule has 0 radical (unpaired) electrons. The zero-order valence-corrected chi connectivity index (χ0v) is 10.0. The van der Waals surface area contributed by atoms with Crippen LogP contribution in [0.2, 0.25) is 0 Å². The maximum atomic E-state index is 11.9. The van der Waals surface area contributed by atoms with Gasteiger partial charge in [0.15, 0.2) is 0 Å². The Labute approximate surface area is 97.8 Å². The van der Waals surface area contributed by atoms with E-state index in [-0.39, 0.29) is 5.91 Å². The van der Waals surface area contributed by atoms with Crippen LogP contribution in [-0.4, -0.2) is 11.9 Å². The molecule has 1 amide bonds. The van der Waals surface area contributed by atoms with E-state index in [0.717, 1.165) is 37.2 Å². The summed E-state index contributed by atoms with van der Waals surface area (Å²) < 4.78 is 0. The fraction of sp³-hybridized carbons (Fsp3) is 0.643. The van der Waals surface area contributed by atoms with E-state index in [0.29, 0.717) is 6.04 Å². The van der Waals surface area contributed by atoms with Gasteiger partial charge in [0.2, 0.25) is 0 Å². The highest BCUT2D eigenvalue weighted by Gasteiger charge is 2.21. The molecule has 2 aliphatic rings. The Hall–Kier alpha value is -1.05. The van der Waals surface area contributed by atoms with Gasteiger partial charge in [-0.25, -0.2) is 0 Å². The van der Waals surface area contributed by atoms with Gasteiger partial charge in [-0.15, -0.1) is 0 Å². The van der Waals surface area contributed by atoms with Crippen LogP contribution in [0, 0.1) is 5.92 Å². The zero-order valence-electron chi connectivity index (χ0n) is 10.0. The normalized spacial score (nSPS) is 29.7. The van der Waals surface area contributed by atoms with Gasteiger partial charge in [0.25, 0.3) is 5.91 Å². The highest BCUT2D eigenvalue weighted by molar-refractivity contribution is 5.96. The third-order valence-electron chi connectivity index (χ3n) is 3.53. The molecule has 0 aromatic rings. The Balaban J connectivity index is 1.86. The first-order chi connectivity index (χ1) is 7.75. The maximum Gasteiger partial charge on any atom is 0.251 e. The average molecular weight is 219 g/mol. The van der Waals surface area contributed by atoms with E-state index >= 15 is 0 Å². The highest BCUT2D eigenvalue weighted by atomic mass is 16.1. The molecular formula is C14H21NO. The first kappa shape index (κ1) is 11.4. The molecule has 1 fully saturated rings. The molecule has 0 heterocycles. The van der Waals surface area contributed by atoms with E-state index in [1.807, 2.05) is 12.2 Å². The van der Waals surface area contributed by atoms with E-state index < -0.39 is 0 Å². The van der Waals surface area contributed by atoms with Crippen LogP contribution in [0.15, 0.2) is 23.8 Å². The summed E-state index contributed by atoms with van der Waals surface area (Å²) in [6.07, 6.45) is 13.0. The van der Waals surface area contributed by atoms with Crippen molar-refractivity contribution in [2.45, 2.75) is 51.5 Å². The molecule has 16 heavy (non-hydrogen) atoms. The van der Waals surface area contributed by atoms with Gasteiger partial charge in [-0.05, 0) is 31.6 Å². The third kappa shape index (κ3) is 2.97. The summed E-state index contributed by atoms with van der Waals surface area (Å²) in [5.41, 5.74) is 0.851. The molecule has 2 heteroatoms. The number of amides is 1. The summed E-state index contributed by atoms with van der Waals surface area (Å²) in [4.78, 5) is 11.9. The number of hydrogen-bond donors (Lipinski definition) is 1. The fourth-order valence-corrected chi connectivity index (χ4v) is 2.62. The van der Waals surface area contributed by atoms with Crippen molar-refractivity contribution in [3.63, 3.8) is 0 Å². The van der Waals surface area contributed by atoms with Crippen molar-refractivity contribution in [3.8, 4) is 0 Å². The lowest BCUT2D eigenvalue weighted by Crippen LogP contribution is -2.38. The lowest BCUT2D eigenvalue weighted by molar-refractivity contribution is -0.118. The van der Waals surface area contributed by atoms with Crippen molar-refractivity contribution in [1.29, 1.82) is 0 Å². The van der Waals surface area contributed by atoms with E-state index in [9.17, 15) is 4.79 Å². The van der Waals surface area contributed by atoms with E-state index in [1.165, 1.54) is 12.8 Å². The summed E-state index contributed by atoms with van der Waals surface area (Å²) >= 11 is 0. The number of rotatable bonds is 2. The molecule has 2 aliphatic carbocycles. The third-order valence-corrected chi connectivity index (χ3v) is 3.53. The highest BCUT2D eigenvalue weighted by Crippen LogP contribution is 2.23. The second-order valence-electron chi connectivity index (χ2n) is 5.08. The summed E-state index contributed by atoms with van der Waals surface area (Å²) in [5, 5.41) is 3.16. The quantitative estimate of drug-likeness (QED) is 0.760. The van der Waals surface area contributed by atoms with Crippen molar-refractivity contribution in [1.82, 2.24) is 5.32 Å². The molecule has 88 valence electrons. The number of allylic oxidation sites excluding steroid dienone is 2. The first-order valence-electron chi connectivity index (χ1n) is 6.43.